The second kappa shape index (κ2) is 6.68. The quantitative estimate of drug-likeness (QED) is 0.875. The van der Waals surface area contributed by atoms with Crippen LogP contribution in [0.25, 0.3) is 0 Å². The zero-order chi connectivity index (χ0) is 14.6. The molecule has 3 nitrogen and oxygen atoms in total. The first-order valence-corrected chi connectivity index (χ1v) is 9.00. The first-order chi connectivity index (χ1) is 9.50. The van der Waals surface area contributed by atoms with Gasteiger partial charge in [0.2, 0.25) is 0 Å². The van der Waals surface area contributed by atoms with Gasteiger partial charge in [-0.1, -0.05) is 19.1 Å². The van der Waals surface area contributed by atoms with E-state index in [0.29, 0.717) is 5.75 Å². The van der Waals surface area contributed by atoms with Crippen LogP contribution >= 0.6 is 0 Å². The molecule has 20 heavy (non-hydrogen) atoms. The predicted octanol–water partition coefficient (Wildman–Crippen LogP) is 2.17. The van der Waals surface area contributed by atoms with E-state index in [4.69, 9.17) is 0 Å². The van der Waals surface area contributed by atoms with Gasteiger partial charge in [0.25, 0.3) is 0 Å². The zero-order valence-electron chi connectivity index (χ0n) is 11.8. The van der Waals surface area contributed by atoms with E-state index in [9.17, 15) is 12.8 Å². The normalized spacial score (nSPS) is 22.8. The summed E-state index contributed by atoms with van der Waals surface area (Å²) in [6, 6.07) is 6.62. The molecule has 2 rings (SSSR count). The van der Waals surface area contributed by atoms with Gasteiger partial charge in [0, 0.05) is 6.04 Å². The van der Waals surface area contributed by atoms with Crippen molar-refractivity contribution in [2.24, 2.45) is 5.92 Å². The standard InChI is InChI=1S/C15H22FNO2S/c1-2-8-17-15(13-7-9-20(18,19)11-13)10-12-3-5-14(16)6-4-12/h3-6,13,15,17H,2,7-11H2,1H3. The van der Waals surface area contributed by atoms with Crippen LogP contribution in [0.15, 0.2) is 24.3 Å². The minimum absolute atomic E-state index is 0.151. The fourth-order valence-corrected chi connectivity index (χ4v) is 4.63. The first-order valence-electron chi connectivity index (χ1n) is 7.18. The molecule has 1 fully saturated rings. The molecule has 0 aliphatic carbocycles. The van der Waals surface area contributed by atoms with Gasteiger partial charge in [-0.15, -0.1) is 0 Å². The van der Waals surface area contributed by atoms with Crippen LogP contribution in [0.5, 0.6) is 0 Å². The van der Waals surface area contributed by atoms with Crippen LogP contribution in [0.3, 0.4) is 0 Å². The van der Waals surface area contributed by atoms with Crippen LogP contribution in [-0.2, 0) is 16.3 Å². The van der Waals surface area contributed by atoms with Gasteiger partial charge in [-0.05, 0) is 49.4 Å². The summed E-state index contributed by atoms with van der Waals surface area (Å²) in [6.45, 7) is 2.97. The molecule has 2 unspecified atom stereocenters. The van der Waals surface area contributed by atoms with Crippen LogP contribution in [0.1, 0.15) is 25.3 Å². The molecule has 1 N–H and O–H groups in total. The van der Waals surface area contributed by atoms with Crippen molar-refractivity contribution in [2.75, 3.05) is 18.1 Å². The number of halogens is 1. The maximum Gasteiger partial charge on any atom is 0.150 e. The molecule has 0 amide bonds. The molecular weight excluding hydrogens is 277 g/mol. The van der Waals surface area contributed by atoms with Crippen LogP contribution in [0.4, 0.5) is 4.39 Å². The van der Waals surface area contributed by atoms with Crippen molar-refractivity contribution in [1.29, 1.82) is 0 Å². The Bertz CT molecular complexity index is 527. The highest BCUT2D eigenvalue weighted by Crippen LogP contribution is 2.24. The maximum atomic E-state index is 12.9. The summed E-state index contributed by atoms with van der Waals surface area (Å²) in [5, 5.41) is 3.45. The van der Waals surface area contributed by atoms with Gasteiger partial charge in [0.1, 0.15) is 5.82 Å². The molecule has 0 saturated carbocycles. The van der Waals surface area contributed by atoms with Gasteiger partial charge < -0.3 is 5.32 Å². The molecule has 1 aliphatic rings. The maximum absolute atomic E-state index is 12.9. The van der Waals surface area contributed by atoms with E-state index in [1.165, 1.54) is 12.1 Å². The van der Waals surface area contributed by atoms with Crippen molar-refractivity contribution < 1.29 is 12.8 Å². The van der Waals surface area contributed by atoms with Crippen molar-refractivity contribution in [3.63, 3.8) is 0 Å². The summed E-state index contributed by atoms with van der Waals surface area (Å²) in [5.41, 5.74) is 1.05. The number of sulfone groups is 1. The Balaban J connectivity index is 2.05. The SMILES string of the molecule is CCCNC(Cc1ccc(F)cc1)C1CCS(=O)(=O)C1. The monoisotopic (exact) mass is 299 g/mol. The summed E-state index contributed by atoms with van der Waals surface area (Å²) in [7, 11) is -2.86. The predicted molar refractivity (Wildman–Crippen MR) is 78.9 cm³/mol. The lowest BCUT2D eigenvalue weighted by Gasteiger charge is -2.24. The van der Waals surface area contributed by atoms with Crippen LogP contribution < -0.4 is 5.32 Å². The molecule has 1 saturated heterocycles. The zero-order valence-corrected chi connectivity index (χ0v) is 12.6. The molecule has 2 atom stereocenters. The number of benzene rings is 1. The Hall–Kier alpha value is -0.940. The van der Waals surface area contributed by atoms with E-state index in [0.717, 1.165) is 31.4 Å². The fraction of sp³-hybridized carbons (Fsp3) is 0.600. The molecule has 1 aromatic rings. The molecule has 1 aromatic carbocycles. The Morgan fingerprint density at radius 3 is 2.60 bits per heavy atom. The van der Waals surface area contributed by atoms with Crippen LogP contribution in [0.2, 0.25) is 0 Å². The smallest absolute Gasteiger partial charge is 0.150 e. The molecule has 1 heterocycles. The third-order valence-corrected chi connectivity index (χ3v) is 5.66. The van der Waals surface area contributed by atoms with Crippen LogP contribution in [-0.4, -0.2) is 32.5 Å². The van der Waals surface area contributed by atoms with E-state index in [-0.39, 0.29) is 23.5 Å². The molecule has 0 spiro atoms. The highest BCUT2D eigenvalue weighted by Gasteiger charge is 2.33. The average Bonchev–Trinajstić information content (AvgIpc) is 2.77. The highest BCUT2D eigenvalue weighted by atomic mass is 32.2. The summed E-state index contributed by atoms with van der Waals surface area (Å²) in [4.78, 5) is 0. The molecule has 0 radical (unpaired) electrons. The highest BCUT2D eigenvalue weighted by molar-refractivity contribution is 7.91. The Morgan fingerprint density at radius 2 is 2.05 bits per heavy atom. The number of rotatable bonds is 6. The Morgan fingerprint density at radius 1 is 1.35 bits per heavy atom. The summed E-state index contributed by atoms with van der Waals surface area (Å²) in [6.07, 6.45) is 2.49. The van der Waals surface area contributed by atoms with Gasteiger partial charge in [0.15, 0.2) is 9.84 Å². The van der Waals surface area contributed by atoms with Gasteiger partial charge in [0.05, 0.1) is 11.5 Å². The van der Waals surface area contributed by atoms with E-state index in [1.54, 1.807) is 12.1 Å². The second-order valence-corrected chi connectivity index (χ2v) is 7.78. The Kier molecular flexibility index (Phi) is 5.16. The minimum atomic E-state index is -2.86. The van der Waals surface area contributed by atoms with Gasteiger partial charge in [-0.2, -0.15) is 0 Å². The third kappa shape index (κ3) is 4.28. The van der Waals surface area contributed by atoms with Crippen molar-refractivity contribution in [1.82, 2.24) is 5.32 Å². The van der Waals surface area contributed by atoms with Gasteiger partial charge >= 0.3 is 0 Å². The van der Waals surface area contributed by atoms with E-state index in [2.05, 4.69) is 12.2 Å². The number of hydrogen-bond acceptors (Lipinski definition) is 3. The largest absolute Gasteiger partial charge is 0.313 e. The lowest BCUT2D eigenvalue weighted by Crippen LogP contribution is -2.39. The number of nitrogens with one attached hydrogen (secondary N) is 1. The average molecular weight is 299 g/mol. The molecule has 112 valence electrons. The lowest BCUT2D eigenvalue weighted by molar-refractivity contribution is 0.379. The minimum Gasteiger partial charge on any atom is -0.313 e. The summed E-state index contributed by atoms with van der Waals surface area (Å²) >= 11 is 0. The molecule has 0 aromatic heterocycles. The van der Waals surface area contributed by atoms with Gasteiger partial charge in [-0.3, -0.25) is 0 Å². The third-order valence-electron chi connectivity index (χ3n) is 3.86. The molecular formula is C15H22FNO2S. The van der Waals surface area contributed by atoms with Crippen molar-refractivity contribution in [3.05, 3.63) is 35.6 Å². The van der Waals surface area contributed by atoms with Crippen molar-refractivity contribution in [2.45, 2.75) is 32.2 Å². The molecule has 5 heteroatoms. The van der Waals surface area contributed by atoms with Gasteiger partial charge in [-0.25, -0.2) is 12.8 Å². The van der Waals surface area contributed by atoms with E-state index < -0.39 is 9.84 Å². The van der Waals surface area contributed by atoms with E-state index in [1.807, 2.05) is 0 Å². The topological polar surface area (TPSA) is 46.2 Å². The summed E-state index contributed by atoms with van der Waals surface area (Å²) in [5.74, 6) is 0.493. The lowest BCUT2D eigenvalue weighted by atomic mass is 9.93. The second-order valence-electron chi connectivity index (χ2n) is 5.55. The van der Waals surface area contributed by atoms with Crippen molar-refractivity contribution in [3.8, 4) is 0 Å². The molecule has 1 aliphatic heterocycles. The Labute approximate surface area is 120 Å². The van der Waals surface area contributed by atoms with Crippen LogP contribution in [0, 0.1) is 11.7 Å². The van der Waals surface area contributed by atoms with Crippen molar-refractivity contribution >= 4 is 9.84 Å². The first kappa shape index (κ1) is 15.4. The molecule has 0 bridgehead atoms. The van der Waals surface area contributed by atoms with E-state index >= 15 is 0 Å². The summed E-state index contributed by atoms with van der Waals surface area (Å²) < 4.78 is 36.2. The number of hydrogen-bond donors (Lipinski definition) is 1. The fourth-order valence-electron chi connectivity index (χ4n) is 2.75.